The summed E-state index contributed by atoms with van der Waals surface area (Å²) in [7, 11) is 0. The molecule has 1 saturated heterocycles. The van der Waals surface area contributed by atoms with Crippen molar-refractivity contribution in [2.75, 3.05) is 31.9 Å². The summed E-state index contributed by atoms with van der Waals surface area (Å²) in [6.45, 7) is 16.7. The molecule has 2 fully saturated rings. The Morgan fingerprint density at radius 1 is 1.10 bits per heavy atom. The van der Waals surface area contributed by atoms with E-state index >= 15 is 0 Å². The number of nitrogens with one attached hydrogen (secondary N) is 1. The average Bonchev–Trinajstić information content (AvgIpc) is 2.36. The van der Waals surface area contributed by atoms with Gasteiger partial charge in [0, 0.05) is 42.2 Å². The molecule has 0 unspecified atom stereocenters. The van der Waals surface area contributed by atoms with Crippen LogP contribution in [0.25, 0.3) is 0 Å². The molecule has 0 atom stereocenters. The molecule has 0 radical (unpaired) electrons. The smallest absolute Gasteiger partial charge is 0.0231 e. The summed E-state index contributed by atoms with van der Waals surface area (Å²) >= 11 is 2.15. The van der Waals surface area contributed by atoms with Gasteiger partial charge in [-0.25, -0.2) is 0 Å². The van der Waals surface area contributed by atoms with Gasteiger partial charge in [0.1, 0.15) is 0 Å². The zero-order valence-electron chi connectivity index (χ0n) is 14.9. The lowest BCUT2D eigenvalue weighted by Crippen LogP contribution is -2.53. The molecule has 1 saturated carbocycles. The summed E-state index contributed by atoms with van der Waals surface area (Å²) in [4.78, 5) is 2.76. The molecule has 1 aliphatic carbocycles. The van der Waals surface area contributed by atoms with E-state index in [9.17, 15) is 0 Å². The molecule has 3 heteroatoms. The SMILES string of the molecule is CC(C)(C)NCC1(CN2CCSC(C)(C)C2)CCCCC1. The van der Waals surface area contributed by atoms with Gasteiger partial charge in [0.05, 0.1) is 0 Å². The van der Waals surface area contributed by atoms with Gasteiger partial charge in [0.15, 0.2) is 0 Å². The molecule has 0 aromatic carbocycles. The third-order valence-corrected chi connectivity index (χ3v) is 6.27. The monoisotopic (exact) mass is 312 g/mol. The van der Waals surface area contributed by atoms with Crippen molar-refractivity contribution in [2.24, 2.45) is 5.41 Å². The molecule has 2 rings (SSSR count). The van der Waals surface area contributed by atoms with Gasteiger partial charge in [-0.05, 0) is 52.9 Å². The van der Waals surface area contributed by atoms with Gasteiger partial charge in [0.25, 0.3) is 0 Å². The predicted octanol–water partition coefficient (Wildman–Crippen LogP) is 4.15. The quantitative estimate of drug-likeness (QED) is 0.839. The molecule has 2 aliphatic rings. The Bertz CT molecular complexity index is 327. The number of thioether (sulfide) groups is 1. The maximum Gasteiger partial charge on any atom is 0.0231 e. The zero-order valence-corrected chi connectivity index (χ0v) is 15.7. The first-order valence-corrected chi connectivity index (χ1v) is 9.80. The summed E-state index contributed by atoms with van der Waals surface area (Å²) in [6, 6.07) is 0. The minimum Gasteiger partial charge on any atom is -0.311 e. The van der Waals surface area contributed by atoms with Gasteiger partial charge in [-0.3, -0.25) is 0 Å². The van der Waals surface area contributed by atoms with Crippen molar-refractivity contribution in [3.05, 3.63) is 0 Å². The largest absolute Gasteiger partial charge is 0.311 e. The fourth-order valence-electron chi connectivity index (χ4n) is 3.87. The Kier molecular flexibility index (Phi) is 5.71. The van der Waals surface area contributed by atoms with Crippen LogP contribution < -0.4 is 5.32 Å². The molecule has 124 valence electrons. The van der Waals surface area contributed by atoms with Crippen molar-refractivity contribution in [2.45, 2.75) is 77.0 Å². The maximum absolute atomic E-state index is 3.81. The molecule has 21 heavy (non-hydrogen) atoms. The standard InChI is InChI=1S/C18H36N2S/c1-16(2,3)19-13-18(9-7-6-8-10-18)15-20-11-12-21-17(4,5)14-20/h19H,6-15H2,1-5H3. The zero-order chi connectivity index (χ0) is 15.6. The maximum atomic E-state index is 3.81. The van der Waals surface area contributed by atoms with Crippen LogP contribution in [0.3, 0.4) is 0 Å². The van der Waals surface area contributed by atoms with Crippen molar-refractivity contribution >= 4 is 11.8 Å². The molecule has 1 heterocycles. The van der Waals surface area contributed by atoms with Crippen molar-refractivity contribution in [1.82, 2.24) is 10.2 Å². The number of rotatable bonds is 4. The van der Waals surface area contributed by atoms with Gasteiger partial charge in [-0.1, -0.05) is 19.3 Å². The molecule has 0 aromatic heterocycles. The van der Waals surface area contributed by atoms with Crippen molar-refractivity contribution < 1.29 is 0 Å². The Morgan fingerprint density at radius 3 is 2.33 bits per heavy atom. The lowest BCUT2D eigenvalue weighted by atomic mass is 9.73. The summed E-state index contributed by atoms with van der Waals surface area (Å²) in [5.74, 6) is 1.30. The van der Waals surface area contributed by atoms with Gasteiger partial charge in [-0.15, -0.1) is 0 Å². The highest BCUT2D eigenvalue weighted by molar-refractivity contribution is 8.00. The molecular weight excluding hydrogens is 276 g/mol. The lowest BCUT2D eigenvalue weighted by Gasteiger charge is -2.46. The van der Waals surface area contributed by atoms with Gasteiger partial charge in [-0.2, -0.15) is 11.8 Å². The molecule has 1 aliphatic heterocycles. The Labute approximate surface area is 136 Å². The number of hydrogen-bond donors (Lipinski definition) is 1. The van der Waals surface area contributed by atoms with E-state index in [1.807, 2.05) is 0 Å². The van der Waals surface area contributed by atoms with E-state index in [1.165, 1.54) is 64.0 Å². The molecule has 0 amide bonds. The van der Waals surface area contributed by atoms with Crippen molar-refractivity contribution in [3.8, 4) is 0 Å². The van der Waals surface area contributed by atoms with Crippen LogP contribution in [0.1, 0.15) is 66.7 Å². The van der Waals surface area contributed by atoms with Gasteiger partial charge < -0.3 is 10.2 Å². The average molecular weight is 313 g/mol. The summed E-state index contributed by atoms with van der Waals surface area (Å²) in [5.41, 5.74) is 0.755. The van der Waals surface area contributed by atoms with Crippen LogP contribution in [-0.2, 0) is 0 Å². The minimum absolute atomic E-state index is 0.238. The second-order valence-corrected chi connectivity index (χ2v) is 10.8. The summed E-state index contributed by atoms with van der Waals surface area (Å²) in [5, 5.41) is 3.81. The summed E-state index contributed by atoms with van der Waals surface area (Å²) < 4.78 is 0.436. The van der Waals surface area contributed by atoms with E-state index in [2.05, 4.69) is 56.6 Å². The van der Waals surface area contributed by atoms with E-state index in [0.29, 0.717) is 10.2 Å². The van der Waals surface area contributed by atoms with E-state index in [4.69, 9.17) is 0 Å². The second-order valence-electron chi connectivity index (χ2n) is 8.98. The molecule has 0 spiro atoms. The Balaban J connectivity index is 1.98. The molecule has 1 N–H and O–H groups in total. The highest BCUT2D eigenvalue weighted by Gasteiger charge is 2.37. The van der Waals surface area contributed by atoms with Crippen LogP contribution in [0, 0.1) is 5.41 Å². The predicted molar refractivity (Wildman–Crippen MR) is 96.3 cm³/mol. The Hall–Kier alpha value is 0.270. The Morgan fingerprint density at radius 2 is 1.76 bits per heavy atom. The molecule has 0 bridgehead atoms. The second kappa shape index (κ2) is 6.80. The molecule has 0 aromatic rings. The van der Waals surface area contributed by atoms with Crippen LogP contribution in [0.5, 0.6) is 0 Å². The number of nitrogens with zero attached hydrogens (tertiary/aromatic N) is 1. The van der Waals surface area contributed by atoms with E-state index in [0.717, 1.165) is 0 Å². The summed E-state index contributed by atoms with van der Waals surface area (Å²) in [6.07, 6.45) is 7.13. The topological polar surface area (TPSA) is 15.3 Å². The number of hydrogen-bond acceptors (Lipinski definition) is 3. The lowest BCUT2D eigenvalue weighted by molar-refractivity contribution is 0.0920. The minimum atomic E-state index is 0.238. The third kappa shape index (κ3) is 5.76. The van der Waals surface area contributed by atoms with Crippen LogP contribution in [0.4, 0.5) is 0 Å². The van der Waals surface area contributed by atoms with Crippen LogP contribution in [0.2, 0.25) is 0 Å². The van der Waals surface area contributed by atoms with E-state index < -0.39 is 0 Å². The van der Waals surface area contributed by atoms with Crippen molar-refractivity contribution in [1.29, 1.82) is 0 Å². The van der Waals surface area contributed by atoms with E-state index in [1.54, 1.807) is 0 Å². The van der Waals surface area contributed by atoms with Crippen LogP contribution >= 0.6 is 11.8 Å². The first kappa shape index (κ1) is 17.6. The highest BCUT2D eigenvalue weighted by Crippen LogP contribution is 2.39. The van der Waals surface area contributed by atoms with Crippen LogP contribution in [0.15, 0.2) is 0 Å². The fraction of sp³-hybridized carbons (Fsp3) is 1.00. The molecule has 2 nitrogen and oxygen atoms in total. The van der Waals surface area contributed by atoms with E-state index in [-0.39, 0.29) is 5.54 Å². The fourth-order valence-corrected chi connectivity index (χ4v) is 5.04. The highest BCUT2D eigenvalue weighted by atomic mass is 32.2. The normalized spacial score (nSPS) is 26.7. The molecular formula is C18H36N2S. The van der Waals surface area contributed by atoms with Crippen LogP contribution in [-0.4, -0.2) is 47.1 Å². The first-order valence-electron chi connectivity index (χ1n) is 8.81. The van der Waals surface area contributed by atoms with Gasteiger partial charge in [0.2, 0.25) is 0 Å². The van der Waals surface area contributed by atoms with Crippen molar-refractivity contribution in [3.63, 3.8) is 0 Å². The van der Waals surface area contributed by atoms with Gasteiger partial charge >= 0.3 is 0 Å². The first-order chi connectivity index (χ1) is 9.70. The third-order valence-electron chi connectivity index (χ3n) is 4.97.